The molecule has 26 heavy (non-hydrogen) atoms. The van der Waals surface area contributed by atoms with Gasteiger partial charge in [-0.3, -0.25) is 9.59 Å². The lowest BCUT2D eigenvalue weighted by molar-refractivity contribution is -0.124. The maximum Gasteiger partial charge on any atom is 0.258 e. The Morgan fingerprint density at radius 1 is 1.19 bits per heavy atom. The van der Waals surface area contributed by atoms with E-state index in [9.17, 15) is 9.59 Å². The summed E-state index contributed by atoms with van der Waals surface area (Å²) in [7, 11) is 0. The molecule has 1 unspecified atom stereocenters. The van der Waals surface area contributed by atoms with Gasteiger partial charge in [0, 0.05) is 29.7 Å². The van der Waals surface area contributed by atoms with Gasteiger partial charge in [0.2, 0.25) is 5.91 Å². The van der Waals surface area contributed by atoms with Crippen LogP contribution in [0, 0.1) is 5.92 Å². The number of hydrogen-bond acceptors (Lipinski definition) is 4. The van der Waals surface area contributed by atoms with Crippen molar-refractivity contribution in [2.45, 2.75) is 38.1 Å². The van der Waals surface area contributed by atoms with Gasteiger partial charge in [0.15, 0.2) is 6.61 Å². The highest BCUT2D eigenvalue weighted by Gasteiger charge is 2.29. The fraction of sp³-hybridized carbons (Fsp3) is 0.400. The minimum absolute atomic E-state index is 0.0160. The Balaban J connectivity index is 1.30. The molecule has 1 aromatic heterocycles. The van der Waals surface area contributed by atoms with Gasteiger partial charge in [-0.15, -0.1) is 0 Å². The van der Waals surface area contributed by atoms with Gasteiger partial charge < -0.3 is 19.8 Å². The van der Waals surface area contributed by atoms with E-state index in [1.54, 1.807) is 24.5 Å². The zero-order valence-corrected chi connectivity index (χ0v) is 14.5. The first kappa shape index (κ1) is 16.7. The number of furan rings is 1. The second-order valence-electron chi connectivity index (χ2n) is 6.89. The van der Waals surface area contributed by atoms with Crippen molar-refractivity contribution in [3.8, 4) is 5.75 Å². The van der Waals surface area contributed by atoms with Crippen molar-refractivity contribution in [3.63, 3.8) is 0 Å². The van der Waals surface area contributed by atoms with Crippen LogP contribution in [0.2, 0.25) is 0 Å². The predicted molar refractivity (Wildman–Crippen MR) is 95.8 cm³/mol. The number of carbonyl (C=O) groups excluding carboxylic acids is 2. The molecule has 1 fully saturated rings. The summed E-state index contributed by atoms with van der Waals surface area (Å²) in [5.41, 5.74) is 1.75. The third kappa shape index (κ3) is 3.90. The number of fused-ring (bicyclic) bond motifs is 1. The van der Waals surface area contributed by atoms with E-state index in [1.807, 2.05) is 12.1 Å². The number of hydrogen-bond donors (Lipinski definition) is 2. The number of rotatable bonds is 6. The predicted octanol–water partition coefficient (Wildman–Crippen LogP) is 3.20. The largest absolute Gasteiger partial charge is 0.484 e. The molecule has 2 aliphatic rings. The molecular formula is C20H22N2O4. The monoisotopic (exact) mass is 354 g/mol. The molecule has 6 heteroatoms. The van der Waals surface area contributed by atoms with Crippen LogP contribution in [-0.2, 0) is 16.0 Å². The summed E-state index contributed by atoms with van der Waals surface area (Å²) in [5.74, 6) is 1.54. The van der Waals surface area contributed by atoms with Crippen LogP contribution in [0.5, 0.6) is 5.75 Å². The normalized spacial score (nSPS) is 18.7. The van der Waals surface area contributed by atoms with E-state index in [4.69, 9.17) is 9.15 Å². The topological polar surface area (TPSA) is 80.6 Å². The van der Waals surface area contributed by atoms with E-state index in [-0.39, 0.29) is 30.4 Å². The third-order valence-corrected chi connectivity index (χ3v) is 4.81. The molecule has 2 N–H and O–H groups in total. The summed E-state index contributed by atoms with van der Waals surface area (Å²) >= 11 is 0. The number of aryl methyl sites for hydroxylation is 1. The number of amides is 2. The molecule has 6 nitrogen and oxygen atoms in total. The summed E-state index contributed by atoms with van der Waals surface area (Å²) in [6.07, 6.45) is 6.41. The van der Waals surface area contributed by atoms with E-state index in [0.29, 0.717) is 11.4 Å². The molecule has 136 valence electrons. The van der Waals surface area contributed by atoms with Crippen molar-refractivity contribution in [2.75, 3.05) is 11.9 Å². The summed E-state index contributed by atoms with van der Waals surface area (Å²) in [6.45, 7) is -0.0658. The quantitative estimate of drug-likeness (QED) is 0.835. The second kappa shape index (κ2) is 7.23. The number of carbonyl (C=O) groups is 2. The molecule has 1 heterocycles. The van der Waals surface area contributed by atoms with Gasteiger partial charge in [0.25, 0.3) is 5.91 Å². The Hall–Kier alpha value is -2.76. The summed E-state index contributed by atoms with van der Waals surface area (Å²) in [6, 6.07) is 9.03. The van der Waals surface area contributed by atoms with Crippen LogP contribution in [0.3, 0.4) is 0 Å². The van der Waals surface area contributed by atoms with Crippen molar-refractivity contribution in [2.24, 2.45) is 5.92 Å². The molecule has 0 aliphatic heterocycles. The number of ether oxygens (including phenoxy) is 1. The SMILES string of the molecule is O=C(COc1cccc(NC(=O)C2CC2)c1)NC1CCCc2occc21. The van der Waals surface area contributed by atoms with Gasteiger partial charge in [0.1, 0.15) is 11.5 Å². The lowest BCUT2D eigenvalue weighted by Gasteiger charge is -2.22. The third-order valence-electron chi connectivity index (χ3n) is 4.81. The summed E-state index contributed by atoms with van der Waals surface area (Å²) < 4.78 is 11.0. The van der Waals surface area contributed by atoms with E-state index in [0.717, 1.165) is 43.4 Å². The Morgan fingerprint density at radius 3 is 2.92 bits per heavy atom. The fourth-order valence-corrected chi connectivity index (χ4v) is 3.27. The van der Waals surface area contributed by atoms with Gasteiger partial charge in [-0.1, -0.05) is 6.07 Å². The molecule has 0 saturated heterocycles. The van der Waals surface area contributed by atoms with Crippen molar-refractivity contribution in [1.29, 1.82) is 0 Å². The van der Waals surface area contributed by atoms with Crippen LogP contribution in [0.15, 0.2) is 41.0 Å². The van der Waals surface area contributed by atoms with Crippen LogP contribution in [-0.4, -0.2) is 18.4 Å². The molecule has 0 spiro atoms. The van der Waals surface area contributed by atoms with Gasteiger partial charge in [-0.25, -0.2) is 0 Å². The molecule has 1 atom stereocenters. The molecule has 2 aliphatic carbocycles. The van der Waals surface area contributed by atoms with Crippen molar-refractivity contribution >= 4 is 17.5 Å². The molecule has 2 amide bonds. The number of anilines is 1. The van der Waals surface area contributed by atoms with Crippen LogP contribution in [0.4, 0.5) is 5.69 Å². The first-order valence-electron chi connectivity index (χ1n) is 9.08. The Bertz CT molecular complexity index is 810. The fourth-order valence-electron chi connectivity index (χ4n) is 3.27. The van der Waals surface area contributed by atoms with Gasteiger partial charge in [0.05, 0.1) is 12.3 Å². The smallest absolute Gasteiger partial charge is 0.258 e. The van der Waals surface area contributed by atoms with Gasteiger partial charge in [-0.05, 0) is 43.9 Å². The van der Waals surface area contributed by atoms with Crippen molar-refractivity contribution < 1.29 is 18.7 Å². The van der Waals surface area contributed by atoms with E-state index < -0.39 is 0 Å². The van der Waals surface area contributed by atoms with Gasteiger partial charge in [-0.2, -0.15) is 0 Å². The highest BCUT2D eigenvalue weighted by Crippen LogP contribution is 2.31. The Morgan fingerprint density at radius 2 is 2.08 bits per heavy atom. The minimum atomic E-state index is -0.170. The van der Waals surface area contributed by atoms with Crippen molar-refractivity contribution in [3.05, 3.63) is 47.9 Å². The first-order valence-corrected chi connectivity index (χ1v) is 9.08. The molecular weight excluding hydrogens is 332 g/mol. The lowest BCUT2D eigenvalue weighted by atomic mass is 9.93. The molecule has 4 rings (SSSR count). The Kier molecular flexibility index (Phi) is 4.65. The zero-order valence-electron chi connectivity index (χ0n) is 14.5. The van der Waals surface area contributed by atoms with Crippen LogP contribution in [0.1, 0.15) is 43.0 Å². The zero-order chi connectivity index (χ0) is 17.9. The van der Waals surface area contributed by atoms with E-state index in [1.165, 1.54) is 0 Å². The molecule has 1 aromatic carbocycles. The standard InChI is InChI=1S/C20H22N2O4/c23-19(22-17-5-2-6-18-16(17)9-10-25-18)12-26-15-4-1-3-14(11-15)21-20(24)13-7-8-13/h1,3-4,9-11,13,17H,2,5-8,12H2,(H,21,24)(H,22,23). The average molecular weight is 354 g/mol. The molecule has 0 radical (unpaired) electrons. The lowest BCUT2D eigenvalue weighted by Crippen LogP contribution is -2.34. The van der Waals surface area contributed by atoms with Crippen LogP contribution >= 0.6 is 0 Å². The van der Waals surface area contributed by atoms with E-state index in [2.05, 4.69) is 10.6 Å². The maximum atomic E-state index is 12.2. The van der Waals surface area contributed by atoms with Crippen LogP contribution < -0.4 is 15.4 Å². The maximum absolute atomic E-state index is 12.2. The highest BCUT2D eigenvalue weighted by atomic mass is 16.5. The van der Waals surface area contributed by atoms with E-state index >= 15 is 0 Å². The van der Waals surface area contributed by atoms with Crippen molar-refractivity contribution in [1.82, 2.24) is 5.32 Å². The first-order chi connectivity index (χ1) is 12.7. The van der Waals surface area contributed by atoms with Gasteiger partial charge >= 0.3 is 0 Å². The Labute approximate surface area is 151 Å². The number of benzene rings is 1. The molecule has 2 aromatic rings. The highest BCUT2D eigenvalue weighted by molar-refractivity contribution is 5.94. The van der Waals surface area contributed by atoms with Crippen LogP contribution in [0.25, 0.3) is 0 Å². The molecule has 0 bridgehead atoms. The second-order valence-corrected chi connectivity index (χ2v) is 6.89. The molecule has 1 saturated carbocycles. The average Bonchev–Trinajstić information content (AvgIpc) is 3.38. The summed E-state index contributed by atoms with van der Waals surface area (Å²) in [5, 5.41) is 5.88. The summed E-state index contributed by atoms with van der Waals surface area (Å²) in [4.78, 5) is 24.1. The number of nitrogens with one attached hydrogen (secondary N) is 2. The minimum Gasteiger partial charge on any atom is -0.484 e.